The molecule has 57 heavy (non-hydrogen) atoms. The first-order chi connectivity index (χ1) is 28.2. The lowest BCUT2D eigenvalue weighted by atomic mass is 10.1. The second-order valence-corrected chi connectivity index (χ2v) is 15.1. The van der Waals surface area contributed by atoms with Crippen LogP contribution in [0, 0.1) is 3.57 Å². The third kappa shape index (κ3) is 6.78. The molecule has 12 rings (SSSR count). The monoisotopic (exact) mass is 847 g/mol. The minimum Gasteiger partial charge on any atom is -0.436 e. The molecule has 8 aromatic carbocycles. The third-order valence-corrected chi connectivity index (χ3v) is 11.1. The molecule has 1 aliphatic carbocycles. The Hall–Kier alpha value is -6.77. The van der Waals surface area contributed by atoms with Crippen LogP contribution in [0.15, 0.2) is 203 Å². The van der Waals surface area contributed by atoms with Crippen molar-refractivity contribution < 1.29 is 8.83 Å². The summed E-state index contributed by atoms with van der Waals surface area (Å²) in [6, 6.07) is 66.5. The smallest absolute Gasteiger partial charge is 0.227 e. The molecule has 3 heterocycles. The van der Waals surface area contributed by atoms with Gasteiger partial charge in [0.05, 0.1) is 11.0 Å². The molecule has 1 aliphatic rings. The topological polar surface area (TPSA) is 57.0 Å². The first-order valence-electron chi connectivity index (χ1n) is 18.9. The Morgan fingerprint density at radius 1 is 0.421 bits per heavy atom. The number of aromatic nitrogens is 3. The van der Waals surface area contributed by atoms with Crippen molar-refractivity contribution in [1.29, 1.82) is 0 Å². The van der Waals surface area contributed by atoms with E-state index in [2.05, 4.69) is 158 Å². The van der Waals surface area contributed by atoms with Crippen molar-refractivity contribution in [2.24, 2.45) is 0 Å². The van der Waals surface area contributed by atoms with Crippen molar-refractivity contribution in [2.75, 3.05) is 0 Å². The van der Waals surface area contributed by atoms with E-state index in [1.807, 2.05) is 72.8 Å². The molecule has 5 nitrogen and oxygen atoms in total. The Morgan fingerprint density at radius 2 is 0.842 bits per heavy atom. The van der Waals surface area contributed by atoms with E-state index >= 15 is 0 Å². The highest BCUT2D eigenvalue weighted by Gasteiger charge is 2.16. The lowest BCUT2D eigenvalue weighted by Gasteiger charge is -2.08. The number of hydrogen-bond acceptors (Lipinski definition) is 4. The molecule has 0 bridgehead atoms. The van der Waals surface area contributed by atoms with Crippen LogP contribution >= 0.6 is 22.6 Å². The van der Waals surface area contributed by atoms with Gasteiger partial charge in [0.2, 0.25) is 11.8 Å². The number of rotatable bonds is 3. The van der Waals surface area contributed by atoms with Gasteiger partial charge in [-0.05, 0) is 136 Å². The number of oxazole rings is 2. The van der Waals surface area contributed by atoms with Gasteiger partial charge in [-0.15, -0.1) is 0 Å². The zero-order chi connectivity index (χ0) is 38.1. The molecular weight excluding hydrogens is 813 g/mol. The molecule has 3 aromatic heterocycles. The molecule has 0 spiro atoms. The number of fused-ring (bicyclic) bond motifs is 8. The summed E-state index contributed by atoms with van der Waals surface area (Å²) in [6.07, 6.45) is 1.10. The minimum atomic E-state index is 0.648. The minimum absolute atomic E-state index is 0.648. The average molecular weight is 848 g/mol. The Bertz CT molecular complexity index is 3010. The van der Waals surface area contributed by atoms with Gasteiger partial charge in [-0.1, -0.05) is 109 Å². The van der Waals surface area contributed by atoms with Crippen LogP contribution in [-0.2, 0) is 6.42 Å². The summed E-state index contributed by atoms with van der Waals surface area (Å²) in [4.78, 5) is 9.05. The van der Waals surface area contributed by atoms with Gasteiger partial charge < -0.3 is 13.4 Å². The molecule has 0 N–H and O–H groups in total. The van der Waals surface area contributed by atoms with E-state index in [-0.39, 0.29) is 0 Å². The van der Waals surface area contributed by atoms with E-state index in [0.717, 1.165) is 45.4 Å². The molecule has 0 saturated carbocycles. The van der Waals surface area contributed by atoms with E-state index in [0.29, 0.717) is 11.8 Å². The molecular formula is C51H34IN3O2. The zero-order valence-electron chi connectivity index (χ0n) is 30.7. The summed E-state index contributed by atoms with van der Waals surface area (Å²) in [5.74, 6) is 1.33. The summed E-state index contributed by atoms with van der Waals surface area (Å²) >= 11 is 2.28. The summed E-state index contributed by atoms with van der Waals surface area (Å²) < 4.78 is 15.1. The van der Waals surface area contributed by atoms with Gasteiger partial charge in [0.15, 0.2) is 11.2 Å². The summed E-state index contributed by atoms with van der Waals surface area (Å²) in [5, 5.41) is 2.53. The first-order valence-corrected chi connectivity index (χ1v) is 20.0. The Morgan fingerprint density at radius 3 is 1.35 bits per heavy atom. The van der Waals surface area contributed by atoms with E-state index in [1.54, 1.807) is 0 Å². The Labute approximate surface area is 343 Å². The van der Waals surface area contributed by atoms with E-state index in [4.69, 9.17) is 8.83 Å². The fourth-order valence-corrected chi connectivity index (χ4v) is 7.98. The Kier molecular flexibility index (Phi) is 9.16. The molecule has 0 atom stereocenters. The molecule has 0 unspecified atom stereocenters. The van der Waals surface area contributed by atoms with Crippen LogP contribution in [0.25, 0.3) is 83.7 Å². The van der Waals surface area contributed by atoms with Crippen LogP contribution in [0.2, 0.25) is 0 Å². The molecule has 6 heteroatoms. The van der Waals surface area contributed by atoms with Crippen molar-refractivity contribution >= 4 is 66.6 Å². The summed E-state index contributed by atoms with van der Waals surface area (Å²) in [6.45, 7) is 0. The standard InChI is InChI=1S/C25H16N2O.C13H8INO.C13H10/c1-4-10-22-19(7-1)20-8-2-5-11-23(20)27(22)18-15-13-17(14-16-18)25-26-21-9-3-6-12-24(21)28-25;14-10-7-5-9(6-8-10)13-15-11-3-1-2-4-12(11)16-13;1-3-7-12-10(5-1)9-11-6-2-4-8-13(11)12/h1-16H;1-8H;1-8H,9H2. The van der Waals surface area contributed by atoms with Crippen LogP contribution in [0.1, 0.15) is 11.1 Å². The van der Waals surface area contributed by atoms with Gasteiger partial charge in [-0.25, -0.2) is 9.97 Å². The normalized spacial score (nSPS) is 11.5. The molecule has 11 aromatic rings. The number of benzene rings is 8. The highest BCUT2D eigenvalue weighted by molar-refractivity contribution is 14.1. The van der Waals surface area contributed by atoms with Crippen molar-refractivity contribution in [3.8, 4) is 39.7 Å². The first kappa shape index (κ1) is 34.7. The van der Waals surface area contributed by atoms with Crippen molar-refractivity contribution in [3.05, 3.63) is 209 Å². The van der Waals surface area contributed by atoms with Crippen LogP contribution in [0.3, 0.4) is 0 Å². The summed E-state index contributed by atoms with van der Waals surface area (Å²) in [5.41, 5.74) is 14.7. The van der Waals surface area contributed by atoms with Crippen LogP contribution < -0.4 is 0 Å². The molecule has 0 radical (unpaired) electrons. The average Bonchev–Trinajstić information content (AvgIpc) is 4.06. The number of nitrogens with zero attached hydrogens (tertiary/aromatic N) is 3. The van der Waals surface area contributed by atoms with Gasteiger partial charge in [0.25, 0.3) is 0 Å². The molecule has 0 amide bonds. The predicted octanol–water partition coefficient (Wildman–Crippen LogP) is 13.9. The number of hydrogen-bond donors (Lipinski definition) is 0. The Balaban J connectivity index is 0.000000115. The summed E-state index contributed by atoms with van der Waals surface area (Å²) in [7, 11) is 0. The number of para-hydroxylation sites is 6. The second-order valence-electron chi connectivity index (χ2n) is 13.9. The van der Waals surface area contributed by atoms with Crippen molar-refractivity contribution in [3.63, 3.8) is 0 Å². The molecule has 272 valence electrons. The van der Waals surface area contributed by atoms with Gasteiger partial charge in [0.1, 0.15) is 11.0 Å². The molecule has 0 aliphatic heterocycles. The SMILES string of the molecule is Ic1ccc(-c2nc3ccccc3o2)cc1.c1ccc2c(c1)Cc1ccccc1-2.c1ccc2oc(-c3ccc(-n4c5ccccc5c5ccccc54)cc3)nc2c1. The third-order valence-electron chi connectivity index (χ3n) is 10.3. The van der Waals surface area contributed by atoms with Crippen LogP contribution in [0.5, 0.6) is 0 Å². The van der Waals surface area contributed by atoms with E-state index in [1.165, 1.54) is 47.6 Å². The number of halogens is 1. The van der Waals surface area contributed by atoms with Gasteiger partial charge in [-0.2, -0.15) is 0 Å². The second kappa shape index (κ2) is 15.0. The largest absolute Gasteiger partial charge is 0.436 e. The molecule has 0 saturated heterocycles. The van der Waals surface area contributed by atoms with Crippen LogP contribution in [-0.4, -0.2) is 14.5 Å². The fourth-order valence-electron chi connectivity index (χ4n) is 7.62. The predicted molar refractivity (Wildman–Crippen MR) is 241 cm³/mol. The highest BCUT2D eigenvalue weighted by Crippen LogP contribution is 2.36. The van der Waals surface area contributed by atoms with Gasteiger partial charge in [0, 0.05) is 31.2 Å². The van der Waals surface area contributed by atoms with Crippen molar-refractivity contribution in [2.45, 2.75) is 6.42 Å². The quantitative estimate of drug-likeness (QED) is 0.166. The molecule has 0 fully saturated rings. The van der Waals surface area contributed by atoms with Crippen molar-refractivity contribution in [1.82, 2.24) is 14.5 Å². The zero-order valence-corrected chi connectivity index (χ0v) is 32.9. The maximum atomic E-state index is 5.91. The van der Waals surface area contributed by atoms with Crippen LogP contribution in [0.4, 0.5) is 0 Å². The maximum Gasteiger partial charge on any atom is 0.227 e. The fraction of sp³-hybridized carbons (Fsp3) is 0.0196. The highest BCUT2D eigenvalue weighted by atomic mass is 127. The lowest BCUT2D eigenvalue weighted by molar-refractivity contribution is 0.619. The lowest BCUT2D eigenvalue weighted by Crippen LogP contribution is -1.93. The van der Waals surface area contributed by atoms with Gasteiger partial charge >= 0.3 is 0 Å². The van der Waals surface area contributed by atoms with Gasteiger partial charge in [-0.3, -0.25) is 0 Å². The van der Waals surface area contributed by atoms with E-state index in [9.17, 15) is 0 Å². The maximum absolute atomic E-state index is 5.91. The van der Waals surface area contributed by atoms with E-state index < -0.39 is 0 Å².